The van der Waals surface area contributed by atoms with Crippen LogP contribution < -0.4 is 10.4 Å². The Hall–Kier alpha value is -2.09. The Morgan fingerprint density at radius 3 is 1.58 bits per heavy atom. The molecule has 0 saturated heterocycles. The number of aliphatic hydroxyl groups is 1. The molecule has 0 aromatic heterocycles. The van der Waals surface area contributed by atoms with Crippen LogP contribution in [0.1, 0.15) is 68.7 Å². The molecular formula is C32H46O2Si2. The molecule has 1 N–H and O–H groups in total. The number of hydrogen-bond donors (Lipinski definition) is 1. The molecule has 0 heterocycles. The minimum atomic E-state index is -2.56. The first-order valence-electron chi connectivity index (χ1n) is 13.3. The van der Waals surface area contributed by atoms with Gasteiger partial charge in [-0.1, -0.05) is 141 Å². The van der Waals surface area contributed by atoms with Gasteiger partial charge in [-0.05, 0) is 32.0 Å². The highest BCUT2D eigenvalue weighted by Gasteiger charge is 2.50. The molecule has 2 aromatic rings. The largest absolute Gasteiger partial charge is 0.406 e. The van der Waals surface area contributed by atoms with Gasteiger partial charge in [-0.2, -0.15) is 0 Å². The summed E-state index contributed by atoms with van der Waals surface area (Å²) in [7, 11) is -4.43. The van der Waals surface area contributed by atoms with Crippen molar-refractivity contribution in [3.8, 4) is 23.3 Å². The second-order valence-corrected chi connectivity index (χ2v) is 21.5. The van der Waals surface area contributed by atoms with Crippen LogP contribution in [0.2, 0.25) is 21.7 Å². The molecule has 1 unspecified atom stereocenters. The lowest BCUT2D eigenvalue weighted by atomic mass is 10.2. The zero-order chi connectivity index (χ0) is 27.0. The molecule has 0 aliphatic carbocycles. The van der Waals surface area contributed by atoms with Gasteiger partial charge in [0.1, 0.15) is 8.07 Å². The molecule has 0 bridgehead atoms. The summed E-state index contributed by atoms with van der Waals surface area (Å²) >= 11 is 0. The van der Waals surface area contributed by atoms with Gasteiger partial charge < -0.3 is 9.53 Å². The molecule has 0 amide bonds. The van der Waals surface area contributed by atoms with Crippen molar-refractivity contribution in [2.75, 3.05) is 6.61 Å². The van der Waals surface area contributed by atoms with Crippen LogP contribution in [-0.4, -0.2) is 34.2 Å². The van der Waals surface area contributed by atoms with Crippen LogP contribution in [-0.2, 0) is 4.43 Å². The summed E-state index contributed by atoms with van der Waals surface area (Å²) < 4.78 is 6.88. The van der Waals surface area contributed by atoms with E-state index in [1.807, 2.05) is 0 Å². The van der Waals surface area contributed by atoms with E-state index in [1.165, 1.54) is 10.4 Å². The van der Waals surface area contributed by atoms with E-state index in [0.29, 0.717) is 29.7 Å². The first-order valence-corrected chi connectivity index (χ1v) is 17.5. The lowest BCUT2D eigenvalue weighted by molar-refractivity contribution is 0.288. The summed E-state index contributed by atoms with van der Waals surface area (Å²) in [5.41, 5.74) is 5.17. The SMILES string of the molecule is CC(C)[Si](C#CC(O)C#CCCO[Si](c1ccccc1)(c1ccccc1)C(C)(C)C)(C(C)C)C(C)C. The molecule has 2 aromatic carbocycles. The zero-order valence-electron chi connectivity index (χ0n) is 23.9. The van der Waals surface area contributed by atoms with Crippen molar-refractivity contribution >= 4 is 26.8 Å². The normalized spacial score (nSPS) is 13.2. The van der Waals surface area contributed by atoms with Gasteiger partial charge in [-0.25, -0.2) is 0 Å². The average molecular weight is 519 g/mol. The first-order chi connectivity index (χ1) is 16.9. The van der Waals surface area contributed by atoms with Crippen LogP contribution >= 0.6 is 0 Å². The maximum atomic E-state index is 10.5. The Balaban J connectivity index is 2.25. The van der Waals surface area contributed by atoms with Crippen LogP contribution in [0.4, 0.5) is 0 Å². The summed E-state index contributed by atoms with van der Waals surface area (Å²) in [6.45, 7) is 21.0. The molecule has 36 heavy (non-hydrogen) atoms. The third-order valence-electron chi connectivity index (χ3n) is 7.49. The molecule has 1 atom stereocenters. The van der Waals surface area contributed by atoms with E-state index in [2.05, 4.69) is 146 Å². The van der Waals surface area contributed by atoms with E-state index in [1.54, 1.807) is 0 Å². The minimum absolute atomic E-state index is 0.0629. The molecule has 0 spiro atoms. The number of aliphatic hydroxyl groups excluding tert-OH is 1. The van der Waals surface area contributed by atoms with Crippen molar-refractivity contribution in [3.05, 3.63) is 60.7 Å². The second kappa shape index (κ2) is 12.9. The minimum Gasteiger partial charge on any atom is -0.406 e. The highest BCUT2D eigenvalue weighted by atomic mass is 28.4. The molecular weight excluding hydrogens is 473 g/mol. The van der Waals surface area contributed by atoms with Crippen molar-refractivity contribution < 1.29 is 9.53 Å². The second-order valence-electron chi connectivity index (χ2n) is 11.7. The maximum Gasteiger partial charge on any atom is 0.261 e. The molecule has 194 valence electrons. The smallest absolute Gasteiger partial charge is 0.261 e. The van der Waals surface area contributed by atoms with Gasteiger partial charge in [-0.3, -0.25) is 0 Å². The zero-order valence-corrected chi connectivity index (χ0v) is 25.9. The summed E-state index contributed by atoms with van der Waals surface area (Å²) in [5, 5.41) is 13.0. The van der Waals surface area contributed by atoms with Crippen molar-refractivity contribution in [1.29, 1.82) is 0 Å². The molecule has 0 aliphatic heterocycles. The summed E-state index contributed by atoms with van der Waals surface area (Å²) in [6, 6.07) is 21.3. The molecule has 2 nitrogen and oxygen atoms in total. The molecule has 0 radical (unpaired) electrons. The Kier molecular flexibility index (Phi) is 10.8. The van der Waals surface area contributed by atoms with Gasteiger partial charge in [0.2, 0.25) is 0 Å². The van der Waals surface area contributed by atoms with E-state index in [4.69, 9.17) is 4.43 Å². The predicted octanol–water partition coefficient (Wildman–Crippen LogP) is 6.54. The van der Waals surface area contributed by atoms with Gasteiger partial charge in [0.15, 0.2) is 6.10 Å². The van der Waals surface area contributed by atoms with Crippen molar-refractivity contribution in [3.63, 3.8) is 0 Å². The predicted molar refractivity (Wildman–Crippen MR) is 161 cm³/mol. The highest BCUT2D eigenvalue weighted by Crippen LogP contribution is 2.40. The van der Waals surface area contributed by atoms with Crippen molar-refractivity contribution in [2.24, 2.45) is 0 Å². The molecule has 0 saturated carbocycles. The summed E-state index contributed by atoms with van der Waals surface area (Å²) in [5.74, 6) is 9.22. The summed E-state index contributed by atoms with van der Waals surface area (Å²) in [6.07, 6.45) is -0.356. The van der Waals surface area contributed by atoms with E-state index in [0.717, 1.165) is 0 Å². The van der Waals surface area contributed by atoms with E-state index in [9.17, 15) is 5.11 Å². The third kappa shape index (κ3) is 6.61. The maximum absolute atomic E-state index is 10.5. The first kappa shape index (κ1) is 30.1. The molecule has 4 heteroatoms. The fraction of sp³-hybridized carbons (Fsp3) is 0.500. The van der Waals surface area contributed by atoms with Crippen LogP contribution in [0.15, 0.2) is 60.7 Å². The lowest BCUT2D eigenvalue weighted by Crippen LogP contribution is -2.66. The Labute approximate surface area is 223 Å². The summed E-state index contributed by atoms with van der Waals surface area (Å²) in [4.78, 5) is 0. The van der Waals surface area contributed by atoms with Gasteiger partial charge in [0.05, 0.1) is 0 Å². The van der Waals surface area contributed by atoms with Crippen LogP contribution in [0, 0.1) is 23.3 Å². The number of hydrogen-bond acceptors (Lipinski definition) is 2. The fourth-order valence-electron chi connectivity index (χ4n) is 5.85. The molecule has 2 rings (SSSR count). The topological polar surface area (TPSA) is 29.5 Å². The number of benzene rings is 2. The van der Waals surface area contributed by atoms with Gasteiger partial charge in [0.25, 0.3) is 8.32 Å². The van der Waals surface area contributed by atoms with Crippen LogP contribution in [0.25, 0.3) is 0 Å². The quantitative estimate of drug-likeness (QED) is 0.244. The Morgan fingerprint density at radius 1 is 0.750 bits per heavy atom. The van der Waals surface area contributed by atoms with Gasteiger partial charge in [0, 0.05) is 13.0 Å². The molecule has 0 fully saturated rings. The van der Waals surface area contributed by atoms with Crippen LogP contribution in [0.5, 0.6) is 0 Å². The standard InChI is InChI=1S/C32H46O2Si2/c1-26(2)35(27(3)4,28(5)6)25-23-29(33)18-16-17-24-34-36(32(7,8)9,30-19-12-10-13-20-30)31-21-14-11-15-22-31/h10-15,19-22,26-29,33H,17,24H2,1-9H3. The average Bonchev–Trinajstić information content (AvgIpc) is 2.81. The monoisotopic (exact) mass is 518 g/mol. The van der Waals surface area contributed by atoms with Crippen LogP contribution in [0.3, 0.4) is 0 Å². The van der Waals surface area contributed by atoms with Gasteiger partial charge in [-0.15, -0.1) is 5.54 Å². The number of rotatable bonds is 8. The van der Waals surface area contributed by atoms with E-state index < -0.39 is 22.5 Å². The highest BCUT2D eigenvalue weighted by molar-refractivity contribution is 6.99. The van der Waals surface area contributed by atoms with Crippen molar-refractivity contribution in [1.82, 2.24) is 0 Å². The van der Waals surface area contributed by atoms with E-state index in [-0.39, 0.29) is 5.04 Å². The Morgan fingerprint density at radius 2 is 1.19 bits per heavy atom. The third-order valence-corrected chi connectivity index (χ3v) is 18.8. The molecule has 0 aliphatic rings. The van der Waals surface area contributed by atoms with Gasteiger partial charge >= 0.3 is 0 Å². The lowest BCUT2D eigenvalue weighted by Gasteiger charge is -2.43. The van der Waals surface area contributed by atoms with E-state index >= 15 is 0 Å². The Bertz CT molecular complexity index is 1000. The van der Waals surface area contributed by atoms with Crippen molar-refractivity contribution in [2.45, 2.75) is 96.5 Å². The fourth-order valence-corrected chi connectivity index (χ4v) is 15.7.